The number of rotatable bonds is 6. The van der Waals surface area contributed by atoms with E-state index < -0.39 is 18.8 Å². The molecule has 7 nitrogen and oxygen atoms in total. The van der Waals surface area contributed by atoms with Crippen molar-refractivity contribution >= 4 is 22.6 Å². The van der Waals surface area contributed by atoms with Crippen molar-refractivity contribution < 1.29 is 19.2 Å². The van der Waals surface area contributed by atoms with Gasteiger partial charge in [-0.05, 0) is 35.4 Å². The summed E-state index contributed by atoms with van der Waals surface area (Å²) in [4.78, 5) is 4.51. The second-order valence-electron chi connectivity index (χ2n) is 7.82. The molecule has 0 aliphatic rings. The minimum Gasteiger partial charge on any atom is -0.459 e. The van der Waals surface area contributed by atoms with Gasteiger partial charge >= 0.3 is 0 Å². The monoisotopic (exact) mass is 461 g/mol. The highest BCUT2D eigenvalue weighted by atomic mass is 35.5. The van der Waals surface area contributed by atoms with Gasteiger partial charge in [-0.15, -0.1) is 0 Å². The van der Waals surface area contributed by atoms with Crippen LogP contribution in [0.15, 0.2) is 81.7 Å². The molecule has 0 saturated heterocycles. The van der Waals surface area contributed by atoms with E-state index in [0.717, 1.165) is 16.7 Å². The third-order valence-corrected chi connectivity index (χ3v) is 5.88. The molecule has 2 aromatic heterocycles. The van der Waals surface area contributed by atoms with Gasteiger partial charge in [0, 0.05) is 22.6 Å². The molecule has 166 valence electrons. The molecule has 0 unspecified atom stereocenters. The third kappa shape index (κ3) is 3.92. The topological polar surface area (TPSA) is 119 Å². The Labute approximate surface area is 194 Å². The summed E-state index contributed by atoms with van der Waals surface area (Å²) in [6.07, 6.45) is 0. The van der Waals surface area contributed by atoms with Crippen molar-refractivity contribution in [2.45, 2.75) is 5.54 Å². The van der Waals surface area contributed by atoms with Crippen LogP contribution in [0, 0.1) is 0 Å². The molecule has 5 rings (SSSR count). The lowest BCUT2D eigenvalue weighted by atomic mass is 10.00. The molecule has 0 amide bonds. The molecule has 0 atom stereocenters. The van der Waals surface area contributed by atoms with Gasteiger partial charge in [0.1, 0.15) is 16.9 Å². The van der Waals surface area contributed by atoms with Crippen molar-refractivity contribution in [2.75, 3.05) is 13.2 Å². The van der Waals surface area contributed by atoms with Crippen molar-refractivity contribution in [1.82, 2.24) is 10.1 Å². The van der Waals surface area contributed by atoms with Gasteiger partial charge in [-0.1, -0.05) is 59.2 Å². The Balaban J connectivity index is 1.47. The Morgan fingerprint density at radius 2 is 1.55 bits per heavy atom. The van der Waals surface area contributed by atoms with Gasteiger partial charge in [-0.3, -0.25) is 0 Å². The molecule has 8 heteroatoms. The van der Waals surface area contributed by atoms with E-state index in [1.807, 2.05) is 42.5 Å². The lowest BCUT2D eigenvalue weighted by Gasteiger charge is -2.21. The van der Waals surface area contributed by atoms with Gasteiger partial charge in [-0.25, -0.2) is 0 Å². The van der Waals surface area contributed by atoms with Crippen LogP contribution < -0.4 is 5.73 Å². The molecular formula is C25H20ClN3O4. The largest absolute Gasteiger partial charge is 0.459 e. The number of hydrogen-bond donors (Lipinski definition) is 3. The summed E-state index contributed by atoms with van der Waals surface area (Å²) in [6, 6.07) is 23.0. The fourth-order valence-electron chi connectivity index (χ4n) is 3.57. The maximum atomic E-state index is 9.54. The van der Waals surface area contributed by atoms with Crippen LogP contribution in [0.1, 0.15) is 5.76 Å². The number of benzene rings is 3. The third-order valence-electron chi connectivity index (χ3n) is 5.57. The van der Waals surface area contributed by atoms with Gasteiger partial charge in [0.15, 0.2) is 0 Å². The van der Waals surface area contributed by atoms with Crippen LogP contribution in [0.25, 0.3) is 44.9 Å². The van der Waals surface area contributed by atoms with Crippen LogP contribution in [-0.2, 0) is 5.54 Å². The lowest BCUT2D eigenvalue weighted by Crippen LogP contribution is -2.43. The van der Waals surface area contributed by atoms with Crippen LogP contribution in [0.4, 0.5) is 0 Å². The zero-order valence-electron chi connectivity index (χ0n) is 17.4. The molecule has 0 fully saturated rings. The molecule has 0 saturated carbocycles. The molecule has 33 heavy (non-hydrogen) atoms. The quantitative estimate of drug-likeness (QED) is 0.338. The average molecular weight is 462 g/mol. The van der Waals surface area contributed by atoms with Crippen molar-refractivity contribution in [3.8, 4) is 34.0 Å². The van der Waals surface area contributed by atoms with E-state index in [1.165, 1.54) is 0 Å². The fraction of sp³-hybridized carbons (Fsp3) is 0.120. The van der Waals surface area contributed by atoms with E-state index in [2.05, 4.69) is 22.3 Å². The molecule has 0 bridgehead atoms. The summed E-state index contributed by atoms with van der Waals surface area (Å²) >= 11 is 6.46. The minimum atomic E-state index is -1.39. The summed E-state index contributed by atoms with van der Waals surface area (Å²) in [6.45, 7) is -0.942. The molecule has 0 spiro atoms. The zero-order valence-corrected chi connectivity index (χ0v) is 18.2. The van der Waals surface area contributed by atoms with E-state index in [1.54, 1.807) is 18.2 Å². The second-order valence-corrected chi connectivity index (χ2v) is 8.23. The summed E-state index contributed by atoms with van der Waals surface area (Å²) in [5, 5.41) is 24.2. The number of aromatic nitrogens is 2. The Kier molecular flexibility index (Phi) is 5.47. The molecule has 0 radical (unpaired) electrons. The number of hydrogen-bond acceptors (Lipinski definition) is 7. The van der Waals surface area contributed by atoms with Gasteiger partial charge in [0.05, 0.1) is 18.2 Å². The van der Waals surface area contributed by atoms with E-state index in [9.17, 15) is 10.2 Å². The van der Waals surface area contributed by atoms with Gasteiger partial charge in [0.25, 0.3) is 5.89 Å². The number of nitrogens with two attached hydrogens (primary N) is 1. The van der Waals surface area contributed by atoms with Crippen molar-refractivity contribution in [2.24, 2.45) is 5.73 Å². The van der Waals surface area contributed by atoms with Crippen molar-refractivity contribution in [3.63, 3.8) is 0 Å². The molecule has 5 aromatic rings. The number of fused-ring (bicyclic) bond motifs is 1. The zero-order chi connectivity index (χ0) is 23.0. The maximum Gasteiger partial charge on any atom is 0.258 e. The second kappa shape index (κ2) is 8.46. The summed E-state index contributed by atoms with van der Waals surface area (Å²) in [7, 11) is 0. The Bertz CT molecular complexity index is 1410. The average Bonchev–Trinajstić information content (AvgIpc) is 3.51. The Morgan fingerprint density at radius 1 is 0.879 bits per heavy atom. The minimum absolute atomic E-state index is 0.253. The first-order valence-corrected chi connectivity index (χ1v) is 10.6. The molecule has 0 aliphatic heterocycles. The van der Waals surface area contributed by atoms with Gasteiger partial charge < -0.3 is 24.9 Å². The van der Waals surface area contributed by atoms with E-state index >= 15 is 0 Å². The number of aliphatic hydroxyl groups excluding tert-OH is 2. The fourth-order valence-corrected chi connectivity index (χ4v) is 3.81. The first kappa shape index (κ1) is 21.4. The van der Waals surface area contributed by atoms with Crippen LogP contribution in [0.5, 0.6) is 0 Å². The molecule has 0 aliphatic carbocycles. The highest BCUT2D eigenvalue weighted by Gasteiger charge is 2.30. The lowest BCUT2D eigenvalue weighted by molar-refractivity contribution is 0.105. The summed E-state index contributed by atoms with van der Waals surface area (Å²) in [5.74, 6) is 0.952. The summed E-state index contributed by atoms with van der Waals surface area (Å²) < 4.78 is 11.2. The van der Waals surface area contributed by atoms with Crippen molar-refractivity contribution in [1.29, 1.82) is 0 Å². The summed E-state index contributed by atoms with van der Waals surface area (Å²) in [5.41, 5.74) is 8.65. The standard InChI is InChI=1S/C25H20ClN3O4/c26-20-12-21-18(11-22(32-21)25(27,13-30)14-31)10-19(20)23-28-24(33-29-23)17-8-6-16(7-9-17)15-4-2-1-3-5-15/h1-12,30-31H,13-14,27H2. The maximum absolute atomic E-state index is 9.54. The normalized spacial score (nSPS) is 11.9. The molecular weight excluding hydrogens is 442 g/mol. The molecule has 3 aromatic carbocycles. The van der Waals surface area contributed by atoms with Crippen LogP contribution >= 0.6 is 11.6 Å². The Hall–Kier alpha value is -3.49. The number of aliphatic hydroxyl groups is 2. The van der Waals surface area contributed by atoms with Gasteiger partial charge in [-0.2, -0.15) is 4.98 Å². The van der Waals surface area contributed by atoms with Crippen LogP contribution in [-0.4, -0.2) is 33.6 Å². The number of furan rings is 1. The Morgan fingerprint density at radius 3 is 2.24 bits per heavy atom. The van der Waals surface area contributed by atoms with E-state index in [4.69, 9.17) is 26.3 Å². The highest BCUT2D eigenvalue weighted by Crippen LogP contribution is 2.35. The van der Waals surface area contributed by atoms with E-state index in [-0.39, 0.29) is 5.76 Å². The first-order valence-electron chi connectivity index (χ1n) is 10.2. The van der Waals surface area contributed by atoms with E-state index in [0.29, 0.717) is 33.3 Å². The SMILES string of the molecule is NC(CO)(CO)c1cc2cc(-c3noc(-c4ccc(-c5ccccc5)cc4)n3)c(Cl)cc2o1. The van der Waals surface area contributed by atoms with Gasteiger partial charge in [0.2, 0.25) is 5.82 Å². The van der Waals surface area contributed by atoms with Crippen LogP contribution in [0.2, 0.25) is 5.02 Å². The number of halogens is 1. The number of nitrogens with zero attached hydrogens (tertiary/aromatic N) is 2. The smallest absolute Gasteiger partial charge is 0.258 e. The predicted molar refractivity (Wildman–Crippen MR) is 125 cm³/mol. The predicted octanol–water partition coefficient (Wildman–Crippen LogP) is 4.61. The molecule has 2 heterocycles. The highest BCUT2D eigenvalue weighted by molar-refractivity contribution is 6.34. The van der Waals surface area contributed by atoms with Crippen molar-refractivity contribution in [3.05, 3.63) is 83.6 Å². The molecule has 4 N–H and O–H groups in total. The van der Waals surface area contributed by atoms with Crippen LogP contribution in [0.3, 0.4) is 0 Å². The first-order chi connectivity index (χ1) is 16.0.